The smallest absolute Gasteiger partial charge is 0.256 e. The summed E-state index contributed by atoms with van der Waals surface area (Å²) >= 11 is 0. The zero-order chi connectivity index (χ0) is 12.1. The third kappa shape index (κ3) is 1.33. The number of pyridine rings is 1. The number of benzene rings is 1. The molecule has 0 bridgehead atoms. The average molecular weight is 237 g/mol. The third-order valence-corrected chi connectivity index (χ3v) is 2.70. The van der Waals surface area contributed by atoms with Gasteiger partial charge in [-0.25, -0.2) is 0 Å². The molecule has 2 aromatic rings. The summed E-state index contributed by atoms with van der Waals surface area (Å²) in [5.74, 6) is 0. The van der Waals surface area contributed by atoms with Gasteiger partial charge in [0.15, 0.2) is 0 Å². The molecule has 1 aromatic heterocycles. The maximum absolute atomic E-state index is 12.9. The number of halogens is 3. The van der Waals surface area contributed by atoms with Gasteiger partial charge in [0.1, 0.15) is 0 Å². The summed E-state index contributed by atoms with van der Waals surface area (Å²) in [6.07, 6.45) is -3.06. The number of alkyl halides is 3. The van der Waals surface area contributed by atoms with Crippen LogP contribution in [0.5, 0.6) is 0 Å². The van der Waals surface area contributed by atoms with E-state index in [0.29, 0.717) is 5.39 Å². The maximum atomic E-state index is 12.9. The Bertz CT molecular complexity index is 607. The van der Waals surface area contributed by atoms with Crippen molar-refractivity contribution in [3.63, 3.8) is 0 Å². The second-order valence-corrected chi connectivity index (χ2v) is 3.75. The van der Waals surface area contributed by atoms with Crippen molar-refractivity contribution < 1.29 is 13.2 Å². The van der Waals surface area contributed by atoms with Gasteiger partial charge in [-0.2, -0.15) is 13.2 Å². The number of hydrogen-bond donors (Lipinski definition) is 0. The molecule has 6 heteroatoms. The molecule has 0 aliphatic carbocycles. The average Bonchev–Trinajstić information content (AvgIpc) is 3.08. The van der Waals surface area contributed by atoms with Crippen LogP contribution in [0.4, 0.5) is 13.2 Å². The largest absolute Gasteiger partial charge is 0.442 e. The summed E-state index contributed by atoms with van der Waals surface area (Å²) in [5, 5.41) is 7.02. The number of rotatable bonds is 1. The van der Waals surface area contributed by atoms with Crippen molar-refractivity contribution in [2.24, 2.45) is 10.2 Å². The van der Waals surface area contributed by atoms with Crippen LogP contribution in [0.25, 0.3) is 10.9 Å². The Hall–Kier alpha value is -1.98. The van der Waals surface area contributed by atoms with Gasteiger partial charge in [0, 0.05) is 17.1 Å². The van der Waals surface area contributed by atoms with Crippen LogP contribution in [0.3, 0.4) is 0 Å². The zero-order valence-corrected chi connectivity index (χ0v) is 8.44. The lowest BCUT2D eigenvalue weighted by Crippen LogP contribution is -2.30. The second kappa shape index (κ2) is 3.03. The van der Waals surface area contributed by atoms with Crippen molar-refractivity contribution in [3.05, 3.63) is 42.1 Å². The van der Waals surface area contributed by atoms with Crippen LogP contribution < -0.4 is 0 Å². The summed E-state index contributed by atoms with van der Waals surface area (Å²) in [5.41, 5.74) is -2.12. The Kier molecular flexibility index (Phi) is 1.81. The van der Waals surface area contributed by atoms with E-state index in [2.05, 4.69) is 15.2 Å². The molecule has 17 heavy (non-hydrogen) atoms. The van der Waals surface area contributed by atoms with Gasteiger partial charge < -0.3 is 0 Å². The third-order valence-electron chi connectivity index (χ3n) is 2.70. The highest BCUT2D eigenvalue weighted by atomic mass is 19.4. The predicted octanol–water partition coefficient (Wildman–Crippen LogP) is 3.42. The van der Waals surface area contributed by atoms with Crippen molar-refractivity contribution in [3.8, 4) is 0 Å². The van der Waals surface area contributed by atoms with E-state index in [0.717, 1.165) is 0 Å². The first-order chi connectivity index (χ1) is 8.05. The van der Waals surface area contributed by atoms with Crippen molar-refractivity contribution in [2.45, 2.75) is 11.8 Å². The van der Waals surface area contributed by atoms with E-state index in [9.17, 15) is 13.2 Å². The predicted molar refractivity (Wildman–Crippen MR) is 54.3 cm³/mol. The summed E-state index contributed by atoms with van der Waals surface area (Å²) in [6, 6.07) is 8.00. The molecule has 1 aliphatic rings. The molecule has 0 unspecified atom stereocenters. The van der Waals surface area contributed by atoms with E-state index in [1.165, 1.54) is 12.3 Å². The second-order valence-electron chi connectivity index (χ2n) is 3.75. The van der Waals surface area contributed by atoms with Crippen LogP contribution in [0.15, 0.2) is 46.8 Å². The fraction of sp³-hybridized carbons (Fsp3) is 0.182. The molecule has 2 heterocycles. The van der Waals surface area contributed by atoms with Gasteiger partial charge in [0.05, 0.1) is 5.52 Å². The van der Waals surface area contributed by atoms with Crippen LogP contribution in [-0.4, -0.2) is 11.2 Å². The van der Waals surface area contributed by atoms with Crippen molar-refractivity contribution in [2.75, 3.05) is 0 Å². The molecule has 86 valence electrons. The van der Waals surface area contributed by atoms with Gasteiger partial charge in [-0.15, -0.1) is 10.2 Å². The minimum Gasteiger partial charge on any atom is -0.256 e. The van der Waals surface area contributed by atoms with Gasteiger partial charge >= 0.3 is 11.8 Å². The Morgan fingerprint density at radius 1 is 1.00 bits per heavy atom. The zero-order valence-electron chi connectivity index (χ0n) is 8.44. The van der Waals surface area contributed by atoms with Gasteiger partial charge in [-0.05, 0) is 6.07 Å². The van der Waals surface area contributed by atoms with E-state index in [4.69, 9.17) is 0 Å². The molecule has 0 N–H and O–H groups in total. The lowest BCUT2D eigenvalue weighted by Gasteiger charge is -2.15. The van der Waals surface area contributed by atoms with E-state index < -0.39 is 11.8 Å². The topological polar surface area (TPSA) is 37.6 Å². The van der Waals surface area contributed by atoms with Crippen molar-refractivity contribution >= 4 is 10.9 Å². The molecule has 0 amide bonds. The Labute approximate surface area is 94.0 Å². The van der Waals surface area contributed by atoms with E-state index in [1.54, 1.807) is 24.3 Å². The molecule has 0 spiro atoms. The molecule has 0 atom stereocenters. The number of hydrogen-bond acceptors (Lipinski definition) is 3. The first-order valence-electron chi connectivity index (χ1n) is 4.90. The normalized spacial score (nSPS) is 17.4. The maximum Gasteiger partial charge on any atom is 0.442 e. The quantitative estimate of drug-likeness (QED) is 0.748. The first-order valence-corrected chi connectivity index (χ1v) is 4.90. The lowest BCUT2D eigenvalue weighted by molar-refractivity contribution is -0.165. The summed E-state index contributed by atoms with van der Waals surface area (Å²) in [6.45, 7) is 0. The molecular formula is C11H6F3N3. The van der Waals surface area contributed by atoms with Crippen LogP contribution in [0.1, 0.15) is 5.56 Å². The summed E-state index contributed by atoms with van der Waals surface area (Å²) in [4.78, 5) is 3.98. The molecule has 0 radical (unpaired) electrons. The highest BCUT2D eigenvalue weighted by Gasteiger charge is 2.65. The van der Waals surface area contributed by atoms with Crippen LogP contribution in [0.2, 0.25) is 0 Å². The number of aromatic nitrogens is 1. The highest BCUT2D eigenvalue weighted by molar-refractivity contribution is 5.83. The molecule has 0 saturated heterocycles. The standard InChI is InChI=1S/C11H6F3N3/c12-11(13,14)10(16-17-10)8-5-1-3-7-4-2-6-15-9(7)8/h1-6H. The van der Waals surface area contributed by atoms with Gasteiger partial charge in [0.2, 0.25) is 0 Å². The molecule has 1 aliphatic heterocycles. The van der Waals surface area contributed by atoms with Crippen LogP contribution in [-0.2, 0) is 5.66 Å². The lowest BCUT2D eigenvalue weighted by atomic mass is 9.99. The molecule has 3 rings (SSSR count). The summed E-state index contributed by atoms with van der Waals surface area (Å²) < 4.78 is 38.7. The Morgan fingerprint density at radius 3 is 2.35 bits per heavy atom. The Balaban J connectivity index is 2.26. The number of para-hydroxylation sites is 1. The molecule has 3 nitrogen and oxygen atoms in total. The highest BCUT2D eigenvalue weighted by Crippen LogP contribution is 2.53. The van der Waals surface area contributed by atoms with Crippen LogP contribution in [0, 0.1) is 0 Å². The van der Waals surface area contributed by atoms with Crippen molar-refractivity contribution in [1.82, 2.24) is 4.98 Å². The van der Waals surface area contributed by atoms with E-state index >= 15 is 0 Å². The Morgan fingerprint density at radius 2 is 1.71 bits per heavy atom. The van der Waals surface area contributed by atoms with Gasteiger partial charge in [-0.1, -0.05) is 24.3 Å². The summed E-state index contributed by atoms with van der Waals surface area (Å²) in [7, 11) is 0. The fourth-order valence-corrected chi connectivity index (χ4v) is 1.81. The molecule has 0 fully saturated rings. The van der Waals surface area contributed by atoms with Gasteiger partial charge in [-0.3, -0.25) is 4.98 Å². The SMILES string of the molecule is FC(F)(F)C1(c2cccc3cccnc23)N=N1. The molecule has 0 saturated carbocycles. The first kappa shape index (κ1) is 10.2. The number of fused-ring (bicyclic) bond motifs is 1. The molecule has 1 aromatic carbocycles. The fourth-order valence-electron chi connectivity index (χ4n) is 1.81. The molecular weight excluding hydrogens is 231 g/mol. The van der Waals surface area contributed by atoms with Gasteiger partial charge in [0.25, 0.3) is 0 Å². The van der Waals surface area contributed by atoms with E-state index in [-0.39, 0.29) is 11.1 Å². The number of nitrogens with zero attached hydrogens (tertiary/aromatic N) is 3. The monoisotopic (exact) mass is 237 g/mol. The van der Waals surface area contributed by atoms with E-state index in [1.807, 2.05) is 0 Å². The van der Waals surface area contributed by atoms with Crippen LogP contribution >= 0.6 is 0 Å². The minimum absolute atomic E-state index is 0.0110. The van der Waals surface area contributed by atoms with Crippen molar-refractivity contribution in [1.29, 1.82) is 0 Å². The minimum atomic E-state index is -4.52.